The van der Waals surface area contributed by atoms with E-state index in [-0.39, 0.29) is 0 Å². The summed E-state index contributed by atoms with van der Waals surface area (Å²) in [7, 11) is 0. The molecule has 4 N–H and O–H groups in total. The van der Waals surface area contributed by atoms with Crippen molar-refractivity contribution in [3.63, 3.8) is 0 Å². The number of nitrogens with one attached hydrogen (secondary N) is 2. The van der Waals surface area contributed by atoms with E-state index >= 15 is 0 Å². The lowest BCUT2D eigenvalue weighted by Crippen LogP contribution is -2.36. The number of aromatic nitrogens is 2. The maximum Gasteiger partial charge on any atom is 0.223 e. The Bertz CT molecular complexity index is 394. The van der Waals surface area contributed by atoms with Crippen LogP contribution in [0.1, 0.15) is 6.92 Å². The van der Waals surface area contributed by atoms with Crippen LogP contribution in [-0.2, 0) is 0 Å². The minimum absolute atomic E-state index is 0.301. The molecule has 0 aromatic carbocycles. The second kappa shape index (κ2) is 7.40. The van der Waals surface area contributed by atoms with Crippen molar-refractivity contribution in [3.05, 3.63) is 6.07 Å². The Kier molecular flexibility index (Phi) is 5.53. The van der Waals surface area contributed by atoms with Gasteiger partial charge in [0.15, 0.2) is 0 Å². The number of nitrogens with zero attached hydrogens (tertiary/aromatic N) is 3. The molecule has 0 atom stereocenters. The molecule has 7 heteroatoms. The third-order valence-corrected chi connectivity index (χ3v) is 3.88. The molecule has 1 aliphatic rings. The largest absolute Gasteiger partial charge is 0.370 e. The minimum Gasteiger partial charge on any atom is -0.370 e. The smallest absolute Gasteiger partial charge is 0.223 e. The lowest BCUT2D eigenvalue weighted by atomic mass is 10.4. The van der Waals surface area contributed by atoms with Crippen LogP contribution in [0.15, 0.2) is 6.07 Å². The molecule has 6 nitrogen and oxygen atoms in total. The number of nitrogens with two attached hydrogens (primary N) is 1. The van der Waals surface area contributed by atoms with E-state index in [1.54, 1.807) is 0 Å². The van der Waals surface area contributed by atoms with Gasteiger partial charge in [0.2, 0.25) is 5.95 Å². The molecule has 1 aliphatic heterocycles. The highest BCUT2D eigenvalue weighted by molar-refractivity contribution is 7.99. The zero-order valence-electron chi connectivity index (χ0n) is 11.4. The van der Waals surface area contributed by atoms with Crippen molar-refractivity contribution in [2.75, 3.05) is 60.6 Å². The summed E-state index contributed by atoms with van der Waals surface area (Å²) in [6.45, 7) is 7.14. The Morgan fingerprint density at radius 1 is 1.26 bits per heavy atom. The fourth-order valence-corrected chi connectivity index (χ4v) is 2.97. The van der Waals surface area contributed by atoms with Gasteiger partial charge in [0, 0.05) is 50.3 Å². The van der Waals surface area contributed by atoms with Gasteiger partial charge in [-0.15, -0.1) is 0 Å². The van der Waals surface area contributed by atoms with E-state index in [0.717, 1.165) is 31.3 Å². The summed E-state index contributed by atoms with van der Waals surface area (Å²) < 4.78 is 0. The Labute approximate surface area is 118 Å². The highest BCUT2D eigenvalue weighted by Crippen LogP contribution is 2.12. The molecular formula is C12H22N6S. The van der Waals surface area contributed by atoms with Crippen molar-refractivity contribution in [2.24, 2.45) is 0 Å². The molecule has 0 bridgehead atoms. The zero-order valence-corrected chi connectivity index (χ0v) is 12.2. The number of thioether (sulfide) groups is 1. The van der Waals surface area contributed by atoms with E-state index in [4.69, 9.17) is 5.73 Å². The maximum atomic E-state index is 5.69. The Hall–Kier alpha value is -1.21. The Morgan fingerprint density at radius 2 is 1.95 bits per heavy atom. The average molecular weight is 282 g/mol. The van der Waals surface area contributed by atoms with Crippen molar-refractivity contribution in [1.82, 2.24) is 14.9 Å². The zero-order chi connectivity index (χ0) is 13.5. The van der Waals surface area contributed by atoms with E-state index in [9.17, 15) is 0 Å². The van der Waals surface area contributed by atoms with Crippen molar-refractivity contribution >= 4 is 29.3 Å². The molecule has 1 fully saturated rings. The summed E-state index contributed by atoms with van der Waals surface area (Å²) in [6.07, 6.45) is 0. The summed E-state index contributed by atoms with van der Waals surface area (Å²) in [4.78, 5) is 10.8. The first-order valence-corrected chi connectivity index (χ1v) is 7.86. The summed E-state index contributed by atoms with van der Waals surface area (Å²) in [6, 6.07) is 1.89. The van der Waals surface area contributed by atoms with Gasteiger partial charge in [-0.3, -0.25) is 4.90 Å². The fourth-order valence-electron chi connectivity index (χ4n) is 1.99. The first kappa shape index (κ1) is 14.2. The van der Waals surface area contributed by atoms with Crippen LogP contribution < -0.4 is 16.4 Å². The number of anilines is 3. The van der Waals surface area contributed by atoms with E-state index in [2.05, 4.69) is 25.5 Å². The van der Waals surface area contributed by atoms with Gasteiger partial charge in [0.25, 0.3) is 0 Å². The number of rotatable bonds is 6. The van der Waals surface area contributed by atoms with Crippen molar-refractivity contribution < 1.29 is 0 Å². The van der Waals surface area contributed by atoms with E-state index in [0.29, 0.717) is 5.95 Å². The summed E-state index contributed by atoms with van der Waals surface area (Å²) in [5.41, 5.74) is 5.69. The van der Waals surface area contributed by atoms with Gasteiger partial charge in [-0.1, -0.05) is 0 Å². The molecule has 0 saturated carbocycles. The van der Waals surface area contributed by atoms with Crippen molar-refractivity contribution in [1.29, 1.82) is 0 Å². The van der Waals surface area contributed by atoms with Crippen LogP contribution in [0.3, 0.4) is 0 Å². The van der Waals surface area contributed by atoms with Crippen LogP contribution in [0, 0.1) is 0 Å². The van der Waals surface area contributed by atoms with Gasteiger partial charge < -0.3 is 16.4 Å². The minimum atomic E-state index is 0.301. The second-order valence-electron chi connectivity index (χ2n) is 4.41. The third-order valence-electron chi connectivity index (χ3n) is 2.94. The summed E-state index contributed by atoms with van der Waals surface area (Å²) >= 11 is 2.03. The van der Waals surface area contributed by atoms with Crippen LogP contribution in [0.5, 0.6) is 0 Å². The SMILES string of the molecule is CCNc1cc(NCCN2CCSCC2)nc(N)n1. The van der Waals surface area contributed by atoms with E-state index in [1.165, 1.54) is 24.6 Å². The third kappa shape index (κ3) is 4.76. The van der Waals surface area contributed by atoms with Gasteiger partial charge in [-0.2, -0.15) is 21.7 Å². The molecule has 1 aromatic heterocycles. The van der Waals surface area contributed by atoms with Gasteiger partial charge >= 0.3 is 0 Å². The normalized spacial score (nSPS) is 16.3. The van der Waals surface area contributed by atoms with Gasteiger partial charge in [0.05, 0.1) is 0 Å². The molecule has 0 unspecified atom stereocenters. The molecule has 0 aliphatic carbocycles. The first-order valence-electron chi connectivity index (χ1n) is 6.70. The molecule has 106 valence electrons. The summed E-state index contributed by atoms with van der Waals surface area (Å²) in [5.74, 6) is 4.34. The predicted octanol–water partition coefficient (Wildman–Crippen LogP) is 0.951. The topological polar surface area (TPSA) is 79.1 Å². The maximum absolute atomic E-state index is 5.69. The van der Waals surface area contributed by atoms with Gasteiger partial charge in [-0.05, 0) is 6.92 Å². The number of nitrogen functional groups attached to an aromatic ring is 1. The summed E-state index contributed by atoms with van der Waals surface area (Å²) in [5, 5.41) is 6.46. The monoisotopic (exact) mass is 282 g/mol. The van der Waals surface area contributed by atoms with Crippen LogP contribution in [0.2, 0.25) is 0 Å². The fraction of sp³-hybridized carbons (Fsp3) is 0.667. The van der Waals surface area contributed by atoms with E-state index < -0.39 is 0 Å². The first-order chi connectivity index (χ1) is 9.28. The number of hydrogen-bond acceptors (Lipinski definition) is 7. The molecule has 1 saturated heterocycles. The quantitative estimate of drug-likeness (QED) is 0.717. The molecular weight excluding hydrogens is 260 g/mol. The highest BCUT2D eigenvalue weighted by Gasteiger charge is 2.09. The molecule has 2 rings (SSSR count). The number of hydrogen-bond donors (Lipinski definition) is 3. The standard InChI is InChI=1S/C12H22N6S/c1-2-14-10-9-11(17-12(13)16-10)15-3-4-18-5-7-19-8-6-18/h9H,2-8H2,1H3,(H4,13,14,15,16,17). The van der Waals surface area contributed by atoms with Crippen molar-refractivity contribution in [2.45, 2.75) is 6.92 Å². The molecule has 1 aromatic rings. The highest BCUT2D eigenvalue weighted by atomic mass is 32.2. The molecule has 0 amide bonds. The Morgan fingerprint density at radius 3 is 2.63 bits per heavy atom. The van der Waals surface area contributed by atoms with Gasteiger partial charge in [0.1, 0.15) is 11.6 Å². The second-order valence-corrected chi connectivity index (χ2v) is 5.63. The predicted molar refractivity (Wildman–Crippen MR) is 82.9 cm³/mol. The van der Waals surface area contributed by atoms with E-state index in [1.807, 2.05) is 24.8 Å². The van der Waals surface area contributed by atoms with Crippen LogP contribution >= 0.6 is 11.8 Å². The average Bonchev–Trinajstić information content (AvgIpc) is 2.40. The molecule has 2 heterocycles. The van der Waals surface area contributed by atoms with Gasteiger partial charge in [-0.25, -0.2) is 0 Å². The molecule has 19 heavy (non-hydrogen) atoms. The lowest BCUT2D eigenvalue weighted by Gasteiger charge is -2.26. The molecule has 0 spiro atoms. The molecule has 0 radical (unpaired) electrons. The van der Waals surface area contributed by atoms with Crippen LogP contribution in [0.4, 0.5) is 17.6 Å². The Balaban J connectivity index is 1.81. The lowest BCUT2D eigenvalue weighted by molar-refractivity contribution is 0.314. The van der Waals surface area contributed by atoms with Crippen molar-refractivity contribution in [3.8, 4) is 0 Å². The van der Waals surface area contributed by atoms with Crippen LogP contribution in [-0.4, -0.2) is 59.1 Å². The van der Waals surface area contributed by atoms with Crippen LogP contribution in [0.25, 0.3) is 0 Å².